The van der Waals surface area contributed by atoms with Crippen molar-refractivity contribution < 1.29 is 4.74 Å². The van der Waals surface area contributed by atoms with Gasteiger partial charge in [0, 0.05) is 19.1 Å². The van der Waals surface area contributed by atoms with E-state index in [2.05, 4.69) is 27.4 Å². The molecular formula is C16H16N4O. The van der Waals surface area contributed by atoms with Crippen LogP contribution in [0.25, 0.3) is 0 Å². The van der Waals surface area contributed by atoms with E-state index in [0.29, 0.717) is 17.4 Å². The molecule has 0 saturated carbocycles. The molecule has 1 aromatic carbocycles. The minimum atomic E-state index is 0.130. The van der Waals surface area contributed by atoms with Crippen LogP contribution in [0.2, 0.25) is 0 Å². The summed E-state index contributed by atoms with van der Waals surface area (Å²) in [6.07, 6.45) is 4.22. The van der Waals surface area contributed by atoms with E-state index >= 15 is 0 Å². The number of aromatic nitrogens is 2. The van der Waals surface area contributed by atoms with Crippen molar-refractivity contribution in [3.63, 3.8) is 0 Å². The molecule has 0 bridgehead atoms. The first-order chi connectivity index (χ1) is 10.4. The van der Waals surface area contributed by atoms with Gasteiger partial charge in [0.1, 0.15) is 11.9 Å². The normalized spacial score (nSPS) is 20.9. The topological polar surface area (TPSA) is 70.8 Å². The number of nitriles is 1. The van der Waals surface area contributed by atoms with Crippen molar-refractivity contribution >= 4 is 5.82 Å². The van der Waals surface area contributed by atoms with Crippen molar-refractivity contribution in [2.75, 3.05) is 18.5 Å². The number of benzene rings is 1. The lowest BCUT2D eigenvalue weighted by Crippen LogP contribution is -2.18. The summed E-state index contributed by atoms with van der Waals surface area (Å²) in [6, 6.07) is 12.2. The van der Waals surface area contributed by atoms with Gasteiger partial charge in [-0.05, 0) is 12.0 Å². The highest BCUT2D eigenvalue weighted by Gasteiger charge is 2.29. The molecule has 2 aromatic rings. The molecule has 0 aliphatic carbocycles. The number of rotatable bonds is 4. The Labute approximate surface area is 123 Å². The van der Waals surface area contributed by atoms with Crippen LogP contribution in [0.15, 0.2) is 42.7 Å². The maximum atomic E-state index is 8.70. The third kappa shape index (κ3) is 3.18. The standard InChI is InChI=1S/C16H16N4O/c17-8-14-10-20-15(11-18-14)19-9-13-6-7-21-16(13)12-4-2-1-3-5-12/h1-5,10-11,13,16H,6-7,9H2,(H,19,20)/t13-,16-/m1/s1. The average Bonchev–Trinajstić information content (AvgIpc) is 3.03. The Kier molecular flexibility index (Phi) is 4.08. The van der Waals surface area contributed by atoms with Crippen LogP contribution in [-0.2, 0) is 4.74 Å². The van der Waals surface area contributed by atoms with Crippen molar-refractivity contribution in [1.82, 2.24) is 9.97 Å². The summed E-state index contributed by atoms with van der Waals surface area (Å²) >= 11 is 0. The fraction of sp³-hybridized carbons (Fsp3) is 0.312. The molecule has 106 valence electrons. The first-order valence-electron chi connectivity index (χ1n) is 6.99. The van der Waals surface area contributed by atoms with Crippen LogP contribution in [0.5, 0.6) is 0 Å². The maximum absolute atomic E-state index is 8.70. The monoisotopic (exact) mass is 280 g/mol. The van der Waals surface area contributed by atoms with Crippen molar-refractivity contribution in [3.05, 3.63) is 54.0 Å². The lowest BCUT2D eigenvalue weighted by molar-refractivity contribution is 0.0933. The van der Waals surface area contributed by atoms with Crippen molar-refractivity contribution in [3.8, 4) is 6.07 Å². The molecule has 1 aliphatic rings. The summed E-state index contributed by atoms with van der Waals surface area (Å²) in [4.78, 5) is 8.17. The Morgan fingerprint density at radius 3 is 2.81 bits per heavy atom. The van der Waals surface area contributed by atoms with Gasteiger partial charge < -0.3 is 10.1 Å². The smallest absolute Gasteiger partial charge is 0.158 e. The number of anilines is 1. The predicted molar refractivity (Wildman–Crippen MR) is 78.5 cm³/mol. The van der Waals surface area contributed by atoms with Crippen LogP contribution in [0, 0.1) is 17.2 Å². The van der Waals surface area contributed by atoms with Gasteiger partial charge in [-0.15, -0.1) is 0 Å². The van der Waals surface area contributed by atoms with Crippen LogP contribution < -0.4 is 5.32 Å². The predicted octanol–water partition coefficient (Wildman–Crippen LogP) is 2.54. The van der Waals surface area contributed by atoms with E-state index in [1.54, 1.807) is 6.20 Å². The Morgan fingerprint density at radius 2 is 2.10 bits per heavy atom. The van der Waals surface area contributed by atoms with E-state index in [1.165, 1.54) is 11.8 Å². The van der Waals surface area contributed by atoms with Gasteiger partial charge in [-0.3, -0.25) is 0 Å². The molecule has 1 N–H and O–H groups in total. The Balaban J connectivity index is 1.63. The first kappa shape index (κ1) is 13.5. The molecule has 1 saturated heterocycles. The third-order valence-corrected chi connectivity index (χ3v) is 3.65. The Bertz CT molecular complexity index is 621. The zero-order valence-corrected chi connectivity index (χ0v) is 11.6. The molecule has 1 aromatic heterocycles. The molecule has 0 amide bonds. The number of ether oxygens (including phenoxy) is 1. The summed E-state index contributed by atoms with van der Waals surface area (Å²) < 4.78 is 5.86. The highest BCUT2D eigenvalue weighted by atomic mass is 16.5. The molecule has 2 atom stereocenters. The fourth-order valence-corrected chi connectivity index (χ4v) is 2.57. The van der Waals surface area contributed by atoms with Crippen LogP contribution in [0.4, 0.5) is 5.82 Å². The number of hydrogen-bond acceptors (Lipinski definition) is 5. The molecule has 5 nitrogen and oxygen atoms in total. The second kappa shape index (κ2) is 6.33. The van der Waals surface area contributed by atoms with Crippen molar-refractivity contribution in [2.45, 2.75) is 12.5 Å². The van der Waals surface area contributed by atoms with Gasteiger partial charge in [-0.1, -0.05) is 30.3 Å². The summed E-state index contributed by atoms with van der Waals surface area (Å²) in [5.41, 5.74) is 1.54. The summed E-state index contributed by atoms with van der Waals surface area (Å²) in [5.74, 6) is 1.09. The third-order valence-electron chi connectivity index (χ3n) is 3.65. The van der Waals surface area contributed by atoms with Crippen LogP contribution in [0.3, 0.4) is 0 Å². The zero-order valence-electron chi connectivity index (χ0n) is 11.6. The number of hydrogen-bond donors (Lipinski definition) is 1. The van der Waals surface area contributed by atoms with Crippen LogP contribution >= 0.6 is 0 Å². The molecule has 0 radical (unpaired) electrons. The van der Waals surface area contributed by atoms with Gasteiger partial charge in [0.15, 0.2) is 5.69 Å². The molecule has 3 rings (SSSR count). The van der Waals surface area contributed by atoms with Gasteiger partial charge in [-0.2, -0.15) is 5.26 Å². The fourth-order valence-electron chi connectivity index (χ4n) is 2.57. The largest absolute Gasteiger partial charge is 0.373 e. The van der Waals surface area contributed by atoms with Gasteiger partial charge >= 0.3 is 0 Å². The molecule has 2 heterocycles. The number of nitrogens with one attached hydrogen (secondary N) is 1. The summed E-state index contributed by atoms with van der Waals surface area (Å²) in [6.45, 7) is 1.56. The molecule has 1 aliphatic heterocycles. The van der Waals surface area contributed by atoms with Gasteiger partial charge in [-0.25, -0.2) is 9.97 Å². The van der Waals surface area contributed by atoms with Crippen molar-refractivity contribution in [1.29, 1.82) is 5.26 Å². The first-order valence-corrected chi connectivity index (χ1v) is 6.99. The minimum Gasteiger partial charge on any atom is -0.373 e. The molecule has 5 heteroatoms. The van der Waals surface area contributed by atoms with E-state index in [9.17, 15) is 0 Å². The van der Waals surface area contributed by atoms with Crippen LogP contribution in [0.1, 0.15) is 23.8 Å². The minimum absolute atomic E-state index is 0.130. The molecular weight excluding hydrogens is 264 g/mol. The highest BCUT2D eigenvalue weighted by molar-refractivity contribution is 5.33. The molecule has 0 spiro atoms. The zero-order chi connectivity index (χ0) is 14.5. The average molecular weight is 280 g/mol. The second-order valence-corrected chi connectivity index (χ2v) is 5.03. The quantitative estimate of drug-likeness (QED) is 0.931. The van der Waals surface area contributed by atoms with E-state index in [4.69, 9.17) is 10.00 Å². The van der Waals surface area contributed by atoms with Gasteiger partial charge in [0.05, 0.1) is 18.5 Å². The van der Waals surface area contributed by atoms with Crippen LogP contribution in [-0.4, -0.2) is 23.1 Å². The SMILES string of the molecule is N#Cc1cnc(NC[C@H]2CCO[C@@H]2c2ccccc2)cn1. The number of nitrogens with zero attached hydrogens (tertiary/aromatic N) is 3. The summed E-state index contributed by atoms with van der Waals surface area (Å²) in [5, 5.41) is 12.0. The lowest BCUT2D eigenvalue weighted by atomic mass is 9.95. The van der Waals surface area contributed by atoms with E-state index in [-0.39, 0.29) is 6.10 Å². The second-order valence-electron chi connectivity index (χ2n) is 5.03. The van der Waals surface area contributed by atoms with Gasteiger partial charge in [0.25, 0.3) is 0 Å². The maximum Gasteiger partial charge on any atom is 0.158 e. The highest BCUT2D eigenvalue weighted by Crippen LogP contribution is 2.34. The lowest BCUT2D eigenvalue weighted by Gasteiger charge is -2.19. The summed E-state index contributed by atoms with van der Waals surface area (Å²) in [7, 11) is 0. The molecule has 21 heavy (non-hydrogen) atoms. The van der Waals surface area contributed by atoms with E-state index < -0.39 is 0 Å². The molecule has 0 unspecified atom stereocenters. The van der Waals surface area contributed by atoms with E-state index in [1.807, 2.05) is 24.3 Å². The van der Waals surface area contributed by atoms with E-state index in [0.717, 1.165) is 19.6 Å². The van der Waals surface area contributed by atoms with Crippen molar-refractivity contribution in [2.24, 2.45) is 5.92 Å². The van der Waals surface area contributed by atoms with Gasteiger partial charge in [0.2, 0.25) is 0 Å². The Hall–Kier alpha value is -2.45. The Morgan fingerprint density at radius 1 is 1.24 bits per heavy atom. The molecule has 1 fully saturated rings.